The molecule has 0 aliphatic heterocycles. The highest BCUT2D eigenvalue weighted by Gasteiger charge is 2.21. The molecule has 0 aliphatic rings. The Hall–Kier alpha value is -4.27. The number of hydrogen-bond donors (Lipinski definition) is 0. The van der Waals surface area contributed by atoms with Crippen LogP contribution < -0.4 is 9.47 Å². The van der Waals surface area contributed by atoms with Crippen LogP contribution >= 0.6 is 0 Å². The van der Waals surface area contributed by atoms with Crippen molar-refractivity contribution < 1.29 is 41.3 Å². The highest BCUT2D eigenvalue weighted by atomic mass is 19.2. The monoisotopic (exact) mass is 460 g/mol. The molecule has 170 valence electrons. The Morgan fingerprint density at radius 2 is 1.21 bits per heavy atom. The molecule has 0 radical (unpaired) electrons. The van der Waals surface area contributed by atoms with Gasteiger partial charge in [0.15, 0.2) is 23.2 Å². The summed E-state index contributed by atoms with van der Waals surface area (Å²) in [4.78, 5) is 10.0. The van der Waals surface area contributed by atoms with Gasteiger partial charge in [0.05, 0.1) is 7.11 Å². The Bertz CT molecular complexity index is 1190. The second-order valence-corrected chi connectivity index (χ2v) is 6.30. The second kappa shape index (κ2) is 10.9. The maximum absolute atomic E-state index is 14.8. The normalized spacial score (nSPS) is 11.1. The van der Waals surface area contributed by atoms with Crippen molar-refractivity contribution in [3.8, 4) is 33.8 Å². The molecule has 5 nitrogen and oxygen atoms in total. The summed E-state index contributed by atoms with van der Waals surface area (Å²) in [6.07, 6.45) is 4.25. The molecular weight excluding hydrogens is 444 g/mol. The van der Waals surface area contributed by atoms with Gasteiger partial charge in [0.1, 0.15) is 30.8 Å². The smallest absolute Gasteiger partial charge is 0.298 e. The van der Waals surface area contributed by atoms with Gasteiger partial charge in [0.25, 0.3) is 6.47 Å². The lowest BCUT2D eigenvalue weighted by molar-refractivity contribution is -0.123. The van der Waals surface area contributed by atoms with E-state index >= 15 is 0 Å². The fourth-order valence-electron chi connectivity index (χ4n) is 2.85. The molecule has 0 heterocycles. The molecule has 0 saturated heterocycles. The Labute approximate surface area is 186 Å². The summed E-state index contributed by atoms with van der Waals surface area (Å²) in [6, 6.07) is 10.5. The molecule has 0 saturated carbocycles. The summed E-state index contributed by atoms with van der Waals surface area (Å²) < 4.78 is 77.4. The summed E-state index contributed by atoms with van der Waals surface area (Å²) in [5.74, 6) is -5.42. The summed E-state index contributed by atoms with van der Waals surface area (Å²) in [5.41, 5.74) is -0.689. The zero-order valence-electron chi connectivity index (χ0n) is 17.1. The SMILES string of the molecule is CO/C=C\Oc1ccc(-c2ccc(-c3ccc(O/C=C\OC=O)cc3)c(F)c2F)c(F)c1F. The largest absolute Gasteiger partial charge is 0.501 e. The lowest BCUT2D eigenvalue weighted by Gasteiger charge is -2.12. The minimum atomic E-state index is -1.39. The van der Waals surface area contributed by atoms with E-state index in [4.69, 9.17) is 9.47 Å². The average molecular weight is 460 g/mol. The van der Waals surface area contributed by atoms with Crippen molar-refractivity contribution in [2.24, 2.45) is 0 Å². The first-order valence-electron chi connectivity index (χ1n) is 9.30. The van der Waals surface area contributed by atoms with Gasteiger partial charge in [-0.25, -0.2) is 13.2 Å². The van der Waals surface area contributed by atoms with Crippen molar-refractivity contribution in [3.63, 3.8) is 0 Å². The van der Waals surface area contributed by atoms with E-state index in [0.29, 0.717) is 11.3 Å². The Balaban J connectivity index is 1.88. The molecule has 0 amide bonds. The van der Waals surface area contributed by atoms with Crippen molar-refractivity contribution in [2.45, 2.75) is 0 Å². The molecule has 0 aliphatic carbocycles. The molecule has 9 heteroatoms. The number of carbonyl (C=O) groups is 1. The van der Waals surface area contributed by atoms with Gasteiger partial charge in [-0.1, -0.05) is 24.3 Å². The van der Waals surface area contributed by atoms with Gasteiger partial charge in [0.2, 0.25) is 5.82 Å². The predicted molar refractivity (Wildman–Crippen MR) is 111 cm³/mol. The summed E-state index contributed by atoms with van der Waals surface area (Å²) in [7, 11) is 1.34. The number of methoxy groups -OCH3 is 1. The van der Waals surface area contributed by atoms with Gasteiger partial charge in [-0.15, -0.1) is 0 Å². The van der Waals surface area contributed by atoms with Gasteiger partial charge in [-0.05, 0) is 29.8 Å². The minimum Gasteiger partial charge on any atom is -0.501 e. The van der Waals surface area contributed by atoms with E-state index < -0.39 is 40.1 Å². The standard InChI is InChI=1S/C24H16F4O5/c1-30-10-12-33-20-9-8-19(23(27)24(20)28)18-7-6-17(21(25)22(18)26)15-2-4-16(5-3-15)32-13-11-31-14-29/h2-14H,1H3/b12-10-,13-11-. The van der Waals surface area contributed by atoms with Crippen molar-refractivity contribution in [1.82, 2.24) is 0 Å². The van der Waals surface area contributed by atoms with E-state index in [1.165, 1.54) is 37.4 Å². The van der Waals surface area contributed by atoms with Crippen LogP contribution in [0.2, 0.25) is 0 Å². The average Bonchev–Trinajstić information content (AvgIpc) is 2.82. The van der Waals surface area contributed by atoms with Crippen LogP contribution in [0.4, 0.5) is 17.6 Å². The molecule has 0 unspecified atom stereocenters. The van der Waals surface area contributed by atoms with Crippen LogP contribution in [0.25, 0.3) is 22.3 Å². The molecule has 0 N–H and O–H groups in total. The van der Waals surface area contributed by atoms with Crippen LogP contribution in [0.1, 0.15) is 0 Å². The van der Waals surface area contributed by atoms with E-state index in [-0.39, 0.29) is 12.0 Å². The molecule has 3 aromatic rings. The highest BCUT2D eigenvalue weighted by molar-refractivity contribution is 5.72. The molecule has 0 aromatic heterocycles. The van der Waals surface area contributed by atoms with E-state index in [1.54, 1.807) is 0 Å². The maximum atomic E-state index is 14.8. The van der Waals surface area contributed by atoms with Crippen LogP contribution in [0.15, 0.2) is 73.6 Å². The van der Waals surface area contributed by atoms with Gasteiger partial charge < -0.3 is 18.9 Å². The molecule has 0 atom stereocenters. The fourth-order valence-corrected chi connectivity index (χ4v) is 2.85. The van der Waals surface area contributed by atoms with Crippen LogP contribution in [-0.2, 0) is 14.3 Å². The molecule has 0 fully saturated rings. The molecule has 0 spiro atoms. The van der Waals surface area contributed by atoms with Gasteiger partial charge >= 0.3 is 0 Å². The molecule has 33 heavy (non-hydrogen) atoms. The lowest BCUT2D eigenvalue weighted by atomic mass is 9.98. The minimum absolute atomic E-state index is 0.0897. The van der Waals surface area contributed by atoms with Crippen LogP contribution in [-0.4, -0.2) is 13.6 Å². The van der Waals surface area contributed by atoms with E-state index in [2.05, 4.69) is 9.47 Å². The van der Waals surface area contributed by atoms with Crippen molar-refractivity contribution >= 4 is 6.47 Å². The third-order valence-corrected chi connectivity index (χ3v) is 4.37. The van der Waals surface area contributed by atoms with Gasteiger partial charge in [-0.2, -0.15) is 4.39 Å². The van der Waals surface area contributed by atoms with Crippen molar-refractivity contribution in [3.05, 3.63) is 96.8 Å². The molecule has 0 bridgehead atoms. The van der Waals surface area contributed by atoms with Crippen LogP contribution in [0.5, 0.6) is 11.5 Å². The fraction of sp³-hybridized carbons (Fsp3) is 0.0417. The third-order valence-electron chi connectivity index (χ3n) is 4.37. The predicted octanol–water partition coefficient (Wildman–Crippen LogP) is 6.10. The number of carbonyl (C=O) groups excluding carboxylic acids is 1. The maximum Gasteiger partial charge on any atom is 0.298 e. The van der Waals surface area contributed by atoms with Gasteiger partial charge in [-0.3, -0.25) is 4.79 Å². The first-order valence-corrected chi connectivity index (χ1v) is 9.30. The molecule has 3 aromatic carbocycles. The number of halogens is 4. The summed E-state index contributed by atoms with van der Waals surface area (Å²) >= 11 is 0. The van der Waals surface area contributed by atoms with Gasteiger partial charge in [0, 0.05) is 16.7 Å². The first-order chi connectivity index (χ1) is 16.0. The Kier molecular flexibility index (Phi) is 7.69. The third kappa shape index (κ3) is 5.32. The Morgan fingerprint density at radius 1 is 0.636 bits per heavy atom. The molecular formula is C24H16F4O5. The van der Waals surface area contributed by atoms with Crippen molar-refractivity contribution in [1.29, 1.82) is 0 Å². The number of ether oxygens (including phenoxy) is 4. The first kappa shape index (κ1) is 23.4. The zero-order chi connectivity index (χ0) is 23.8. The highest BCUT2D eigenvalue weighted by Crippen LogP contribution is 2.35. The second-order valence-electron chi connectivity index (χ2n) is 6.30. The quantitative estimate of drug-likeness (QED) is 0.220. The van der Waals surface area contributed by atoms with E-state index in [1.807, 2.05) is 0 Å². The zero-order valence-corrected chi connectivity index (χ0v) is 17.1. The van der Waals surface area contributed by atoms with Crippen LogP contribution in [0.3, 0.4) is 0 Å². The summed E-state index contributed by atoms with van der Waals surface area (Å²) in [6.45, 7) is 0.215. The van der Waals surface area contributed by atoms with E-state index in [0.717, 1.165) is 43.2 Å². The van der Waals surface area contributed by atoms with E-state index in [9.17, 15) is 22.4 Å². The van der Waals surface area contributed by atoms with Crippen molar-refractivity contribution in [2.75, 3.05) is 7.11 Å². The number of hydrogen-bond acceptors (Lipinski definition) is 5. The lowest BCUT2D eigenvalue weighted by Crippen LogP contribution is -1.99. The van der Waals surface area contributed by atoms with Crippen LogP contribution in [0, 0.1) is 23.3 Å². The molecule has 3 rings (SSSR count). The number of benzene rings is 3. The summed E-state index contributed by atoms with van der Waals surface area (Å²) in [5, 5.41) is 0. The topological polar surface area (TPSA) is 54.0 Å². The Morgan fingerprint density at radius 3 is 1.88 bits per heavy atom. The number of rotatable bonds is 9.